The molecular weight excluding hydrogens is 318 g/mol. The molecule has 5 heteroatoms. The van der Waals surface area contributed by atoms with Gasteiger partial charge in [0.1, 0.15) is 24.7 Å². The van der Waals surface area contributed by atoms with Crippen LogP contribution in [0.1, 0.15) is 21.8 Å². The molecule has 0 saturated heterocycles. The second-order valence-corrected chi connectivity index (χ2v) is 5.59. The minimum Gasteiger partial charge on any atom is -0.490 e. The number of aromatic nitrogens is 1. The van der Waals surface area contributed by atoms with Crippen LogP contribution in [0.5, 0.6) is 5.75 Å². The fourth-order valence-corrected chi connectivity index (χ4v) is 2.36. The van der Waals surface area contributed by atoms with Crippen molar-refractivity contribution >= 4 is 5.97 Å². The highest BCUT2D eigenvalue weighted by Gasteiger charge is 2.19. The maximum atomic E-state index is 12.2. The van der Waals surface area contributed by atoms with Gasteiger partial charge in [-0.15, -0.1) is 0 Å². The van der Waals surface area contributed by atoms with E-state index in [2.05, 4.69) is 4.98 Å². The van der Waals surface area contributed by atoms with Gasteiger partial charge >= 0.3 is 5.97 Å². The second-order valence-electron chi connectivity index (χ2n) is 5.59. The molecule has 1 aromatic heterocycles. The van der Waals surface area contributed by atoms with Crippen LogP contribution in [0, 0.1) is 13.8 Å². The summed E-state index contributed by atoms with van der Waals surface area (Å²) in [5.41, 5.74) is 2.11. The first-order chi connectivity index (χ1) is 12.1. The van der Waals surface area contributed by atoms with Crippen LogP contribution in [0.25, 0.3) is 11.5 Å². The van der Waals surface area contributed by atoms with E-state index in [1.54, 1.807) is 6.92 Å². The molecule has 0 saturated carbocycles. The van der Waals surface area contributed by atoms with E-state index in [1.165, 1.54) is 0 Å². The first-order valence-electron chi connectivity index (χ1n) is 8.03. The Hall–Kier alpha value is -3.08. The predicted octanol–water partition coefficient (Wildman–Crippen LogP) is 4.19. The minimum absolute atomic E-state index is 0.139. The molecule has 3 aromatic rings. The average molecular weight is 337 g/mol. The van der Waals surface area contributed by atoms with Gasteiger partial charge < -0.3 is 13.9 Å². The van der Waals surface area contributed by atoms with E-state index >= 15 is 0 Å². The SMILES string of the molecule is Cc1cccc(OCCOC(=O)c2nc(-c3ccccc3)oc2C)c1. The van der Waals surface area contributed by atoms with Gasteiger partial charge in [-0.25, -0.2) is 9.78 Å². The number of carbonyl (C=O) groups excluding carboxylic acids is 1. The Kier molecular flexibility index (Phi) is 5.14. The number of ether oxygens (including phenoxy) is 2. The van der Waals surface area contributed by atoms with Crippen molar-refractivity contribution in [3.63, 3.8) is 0 Å². The van der Waals surface area contributed by atoms with Crippen molar-refractivity contribution in [1.29, 1.82) is 0 Å². The summed E-state index contributed by atoms with van der Waals surface area (Å²) in [4.78, 5) is 16.4. The van der Waals surface area contributed by atoms with Gasteiger partial charge in [-0.3, -0.25) is 0 Å². The van der Waals surface area contributed by atoms with Crippen molar-refractivity contribution in [2.45, 2.75) is 13.8 Å². The van der Waals surface area contributed by atoms with Crippen LogP contribution >= 0.6 is 0 Å². The molecule has 3 rings (SSSR count). The summed E-state index contributed by atoms with van der Waals surface area (Å²) < 4.78 is 16.3. The van der Waals surface area contributed by atoms with E-state index in [9.17, 15) is 4.79 Å². The minimum atomic E-state index is -0.517. The number of hydrogen-bond acceptors (Lipinski definition) is 5. The molecule has 0 aliphatic carbocycles. The zero-order valence-electron chi connectivity index (χ0n) is 14.2. The lowest BCUT2D eigenvalue weighted by Gasteiger charge is -2.07. The largest absolute Gasteiger partial charge is 0.490 e. The number of aryl methyl sites for hydroxylation is 2. The number of benzene rings is 2. The molecule has 1 heterocycles. The molecular formula is C20H19NO4. The first kappa shape index (κ1) is 16.8. The van der Waals surface area contributed by atoms with Gasteiger partial charge in [0.25, 0.3) is 0 Å². The lowest BCUT2D eigenvalue weighted by molar-refractivity contribution is 0.0442. The van der Waals surface area contributed by atoms with Crippen molar-refractivity contribution < 1.29 is 18.7 Å². The molecule has 128 valence electrons. The maximum Gasteiger partial charge on any atom is 0.360 e. The zero-order valence-corrected chi connectivity index (χ0v) is 14.2. The smallest absolute Gasteiger partial charge is 0.360 e. The van der Waals surface area contributed by atoms with Gasteiger partial charge in [-0.05, 0) is 43.7 Å². The summed E-state index contributed by atoms with van der Waals surface area (Å²) in [5.74, 6) is 1.07. The number of oxazole rings is 1. The van der Waals surface area contributed by atoms with Gasteiger partial charge in [-0.2, -0.15) is 0 Å². The Labute approximate surface area is 146 Å². The van der Waals surface area contributed by atoms with Crippen molar-refractivity contribution in [3.8, 4) is 17.2 Å². The van der Waals surface area contributed by atoms with E-state index in [4.69, 9.17) is 13.9 Å². The van der Waals surface area contributed by atoms with E-state index < -0.39 is 5.97 Å². The summed E-state index contributed by atoms with van der Waals surface area (Å²) in [6.07, 6.45) is 0. The van der Waals surface area contributed by atoms with Crippen LogP contribution in [-0.2, 0) is 4.74 Å². The summed E-state index contributed by atoms with van der Waals surface area (Å²) in [7, 11) is 0. The zero-order chi connectivity index (χ0) is 17.6. The van der Waals surface area contributed by atoms with Crippen molar-refractivity contribution in [3.05, 3.63) is 71.6 Å². The molecule has 0 fully saturated rings. The summed E-state index contributed by atoms with van der Waals surface area (Å²) in [5, 5.41) is 0. The standard InChI is InChI=1S/C20H19NO4/c1-14-7-6-10-17(13-14)23-11-12-24-20(22)18-15(2)25-19(21-18)16-8-4-3-5-9-16/h3-10,13H,11-12H2,1-2H3. The van der Waals surface area contributed by atoms with E-state index in [0.717, 1.165) is 16.9 Å². The Morgan fingerprint density at radius 2 is 1.84 bits per heavy atom. The van der Waals surface area contributed by atoms with Crippen molar-refractivity contribution in [2.24, 2.45) is 0 Å². The summed E-state index contributed by atoms with van der Waals surface area (Å²) in [6, 6.07) is 17.1. The molecule has 0 aliphatic heterocycles. The average Bonchev–Trinajstić information content (AvgIpc) is 3.01. The van der Waals surface area contributed by atoms with Gasteiger partial charge in [0.15, 0.2) is 5.69 Å². The molecule has 5 nitrogen and oxygen atoms in total. The lowest BCUT2D eigenvalue weighted by atomic mass is 10.2. The van der Waals surface area contributed by atoms with Gasteiger partial charge in [0.2, 0.25) is 5.89 Å². The molecule has 0 spiro atoms. The predicted molar refractivity (Wildman–Crippen MR) is 93.6 cm³/mol. The molecule has 0 aliphatic rings. The third-order valence-corrected chi connectivity index (χ3v) is 3.59. The van der Waals surface area contributed by atoms with Crippen molar-refractivity contribution in [2.75, 3.05) is 13.2 Å². The highest BCUT2D eigenvalue weighted by Crippen LogP contribution is 2.21. The summed E-state index contributed by atoms with van der Waals surface area (Å²) >= 11 is 0. The number of rotatable bonds is 6. The van der Waals surface area contributed by atoms with Gasteiger partial charge in [0, 0.05) is 5.56 Å². The Balaban J connectivity index is 1.56. The Morgan fingerprint density at radius 1 is 1.04 bits per heavy atom. The van der Waals surface area contributed by atoms with E-state index in [0.29, 0.717) is 11.7 Å². The van der Waals surface area contributed by atoms with Crippen LogP contribution in [0.4, 0.5) is 0 Å². The van der Waals surface area contributed by atoms with Gasteiger partial charge in [-0.1, -0.05) is 30.3 Å². The first-order valence-corrected chi connectivity index (χ1v) is 8.03. The third-order valence-electron chi connectivity index (χ3n) is 3.59. The number of hydrogen-bond donors (Lipinski definition) is 0. The molecule has 0 N–H and O–H groups in total. The fraction of sp³-hybridized carbons (Fsp3) is 0.200. The Morgan fingerprint density at radius 3 is 2.60 bits per heavy atom. The maximum absolute atomic E-state index is 12.2. The molecule has 0 bridgehead atoms. The Bertz CT molecular complexity index is 855. The molecule has 0 radical (unpaired) electrons. The number of esters is 1. The topological polar surface area (TPSA) is 61.6 Å². The van der Waals surface area contributed by atoms with Crippen LogP contribution in [0.2, 0.25) is 0 Å². The molecule has 0 amide bonds. The molecule has 25 heavy (non-hydrogen) atoms. The molecule has 0 atom stereocenters. The molecule has 2 aromatic carbocycles. The lowest BCUT2D eigenvalue weighted by Crippen LogP contribution is -2.13. The monoisotopic (exact) mass is 337 g/mol. The van der Waals surface area contributed by atoms with Crippen LogP contribution in [0.3, 0.4) is 0 Å². The normalized spacial score (nSPS) is 10.5. The van der Waals surface area contributed by atoms with Crippen LogP contribution < -0.4 is 4.74 Å². The highest BCUT2D eigenvalue weighted by molar-refractivity contribution is 5.88. The van der Waals surface area contributed by atoms with E-state index in [-0.39, 0.29) is 18.9 Å². The van der Waals surface area contributed by atoms with Gasteiger partial charge in [0.05, 0.1) is 0 Å². The quantitative estimate of drug-likeness (QED) is 0.498. The molecule has 0 unspecified atom stereocenters. The number of carbonyl (C=O) groups is 1. The third kappa shape index (κ3) is 4.26. The highest BCUT2D eigenvalue weighted by atomic mass is 16.6. The van der Waals surface area contributed by atoms with Crippen LogP contribution in [-0.4, -0.2) is 24.2 Å². The van der Waals surface area contributed by atoms with E-state index in [1.807, 2.05) is 61.5 Å². The fourth-order valence-electron chi connectivity index (χ4n) is 2.36. The number of nitrogens with zero attached hydrogens (tertiary/aromatic N) is 1. The van der Waals surface area contributed by atoms with Crippen LogP contribution in [0.15, 0.2) is 59.0 Å². The summed E-state index contributed by atoms with van der Waals surface area (Å²) in [6.45, 7) is 4.10. The van der Waals surface area contributed by atoms with Crippen molar-refractivity contribution in [1.82, 2.24) is 4.98 Å². The second kappa shape index (κ2) is 7.66.